The molecule has 3 heterocycles. The smallest absolute Gasteiger partial charge is 0.407 e. The molecule has 12 heteroatoms. The van der Waals surface area contributed by atoms with Gasteiger partial charge in [0.2, 0.25) is 5.91 Å². The average molecular weight is 578 g/mol. The molecule has 0 spiro atoms. The van der Waals surface area contributed by atoms with Crippen LogP contribution >= 0.6 is 11.6 Å². The molecule has 1 N–H and O–H groups in total. The normalized spacial score (nSPS) is 19.8. The highest BCUT2D eigenvalue weighted by Crippen LogP contribution is 2.29. The largest absolute Gasteiger partial charge is 0.465 e. The molecule has 2 fully saturated rings. The van der Waals surface area contributed by atoms with Crippen molar-refractivity contribution in [2.75, 3.05) is 59.7 Å². The maximum atomic E-state index is 14.3. The summed E-state index contributed by atoms with van der Waals surface area (Å²) in [5, 5.41) is 10.4. The fourth-order valence-corrected chi connectivity index (χ4v) is 5.83. The predicted molar refractivity (Wildman–Crippen MR) is 151 cm³/mol. The van der Waals surface area contributed by atoms with Crippen LogP contribution in [0.4, 0.5) is 4.79 Å². The number of imidazole rings is 1. The first-order chi connectivity index (χ1) is 19.2. The Morgan fingerprint density at radius 3 is 2.60 bits per heavy atom. The monoisotopic (exact) mass is 577 g/mol. The van der Waals surface area contributed by atoms with Gasteiger partial charge in [0.15, 0.2) is 5.82 Å². The number of carbonyl (C=O) groups is 3. The van der Waals surface area contributed by atoms with Gasteiger partial charge < -0.3 is 33.8 Å². The predicted octanol–water partition coefficient (Wildman–Crippen LogP) is 3.44. The number of ether oxygens (including phenoxy) is 2. The number of piperidine rings is 1. The third kappa shape index (κ3) is 6.87. The Balaban J connectivity index is 1.67. The number of unbranched alkanes of at least 4 members (excludes halogenated alkanes) is 1. The summed E-state index contributed by atoms with van der Waals surface area (Å²) in [5.41, 5.74) is 1.33. The van der Waals surface area contributed by atoms with Crippen LogP contribution in [0.3, 0.4) is 0 Å². The van der Waals surface area contributed by atoms with Crippen molar-refractivity contribution in [2.24, 2.45) is 11.8 Å². The van der Waals surface area contributed by atoms with E-state index in [-0.39, 0.29) is 36.6 Å². The third-order valence-electron chi connectivity index (χ3n) is 7.54. The summed E-state index contributed by atoms with van der Waals surface area (Å²) >= 11 is 6.48. The van der Waals surface area contributed by atoms with E-state index in [0.717, 1.165) is 18.4 Å². The van der Waals surface area contributed by atoms with Gasteiger partial charge in [-0.05, 0) is 37.3 Å². The number of benzene rings is 1. The van der Waals surface area contributed by atoms with Crippen molar-refractivity contribution in [2.45, 2.75) is 45.7 Å². The number of rotatable bonds is 10. The highest BCUT2D eigenvalue weighted by molar-refractivity contribution is 6.35. The number of aryl methyl sites for hydroxylation is 1. The van der Waals surface area contributed by atoms with Crippen molar-refractivity contribution in [3.8, 4) is 0 Å². The number of hydrogen-bond donors (Lipinski definition) is 1. The highest BCUT2D eigenvalue weighted by Gasteiger charge is 2.41. The van der Waals surface area contributed by atoms with Crippen molar-refractivity contribution in [1.29, 1.82) is 0 Å². The second-order valence-electron chi connectivity index (χ2n) is 11.0. The molecule has 1 aromatic heterocycles. The highest BCUT2D eigenvalue weighted by atomic mass is 35.5. The van der Waals surface area contributed by atoms with Crippen LogP contribution in [0.1, 0.15) is 43.7 Å². The SMILES string of the molecule is COCCCCn1c(C(=O)N(CC(C)C)[C@H]2C[C@@H](C(=O)N3CCOCC3)CN(C(=O)O)C2)nc2c(Cl)cccc21. The standard InChI is InChI=1S/C28H40ClN5O6/c1-19(2)16-34(21-15-20(17-32(18-21)28(37)38)26(35)31-10-13-40-14-11-31)27(36)25-30-24-22(29)7-6-8-23(24)33(25)9-4-5-12-39-3/h6-8,19-21H,4-5,9-18H2,1-3H3,(H,37,38)/t20-,21+/m1/s1. The van der Waals surface area contributed by atoms with E-state index >= 15 is 0 Å². The Kier molecular flexibility index (Phi) is 10.3. The molecular weight excluding hydrogens is 538 g/mol. The van der Waals surface area contributed by atoms with Crippen LogP contribution in [-0.2, 0) is 20.8 Å². The fourth-order valence-electron chi connectivity index (χ4n) is 5.61. The molecule has 220 valence electrons. The maximum Gasteiger partial charge on any atom is 0.407 e. The van der Waals surface area contributed by atoms with Gasteiger partial charge in [-0.1, -0.05) is 31.5 Å². The van der Waals surface area contributed by atoms with E-state index < -0.39 is 18.1 Å². The molecule has 0 radical (unpaired) electrons. The van der Waals surface area contributed by atoms with Crippen molar-refractivity contribution >= 4 is 40.5 Å². The number of likely N-dealkylation sites (tertiary alicyclic amines) is 1. The number of aromatic nitrogens is 2. The van der Waals surface area contributed by atoms with Crippen LogP contribution in [0.2, 0.25) is 5.02 Å². The van der Waals surface area contributed by atoms with Crippen molar-refractivity contribution < 1.29 is 29.0 Å². The fraction of sp³-hybridized carbons (Fsp3) is 0.643. The minimum Gasteiger partial charge on any atom is -0.465 e. The summed E-state index contributed by atoms with van der Waals surface area (Å²) in [6.07, 6.45) is 0.885. The van der Waals surface area contributed by atoms with E-state index in [1.165, 1.54) is 4.90 Å². The van der Waals surface area contributed by atoms with Gasteiger partial charge in [-0.25, -0.2) is 9.78 Å². The summed E-state index contributed by atoms with van der Waals surface area (Å²) in [5.74, 6) is -0.543. The molecule has 2 atom stereocenters. The summed E-state index contributed by atoms with van der Waals surface area (Å²) in [7, 11) is 1.66. The Hall–Kier alpha value is -2.89. The second-order valence-corrected chi connectivity index (χ2v) is 11.4. The second kappa shape index (κ2) is 13.6. The lowest BCUT2D eigenvalue weighted by atomic mass is 9.91. The lowest BCUT2D eigenvalue weighted by molar-refractivity contribution is -0.142. The molecule has 2 aliphatic heterocycles. The molecule has 40 heavy (non-hydrogen) atoms. The van der Waals surface area contributed by atoms with Gasteiger partial charge in [-0.3, -0.25) is 9.59 Å². The summed E-state index contributed by atoms with van der Waals surface area (Å²) < 4.78 is 12.5. The number of fused-ring (bicyclic) bond motifs is 1. The number of morpholine rings is 1. The third-order valence-corrected chi connectivity index (χ3v) is 7.84. The van der Waals surface area contributed by atoms with E-state index in [0.29, 0.717) is 63.0 Å². The summed E-state index contributed by atoms with van der Waals surface area (Å²) in [6, 6.07) is 5.01. The minimum absolute atomic E-state index is 0.0895. The summed E-state index contributed by atoms with van der Waals surface area (Å²) in [6.45, 7) is 7.73. The molecule has 3 amide bonds. The first kappa shape index (κ1) is 30.1. The minimum atomic E-state index is -1.10. The van der Waals surface area contributed by atoms with E-state index in [4.69, 9.17) is 26.1 Å². The van der Waals surface area contributed by atoms with Gasteiger partial charge in [0.05, 0.1) is 35.7 Å². The molecule has 11 nitrogen and oxygen atoms in total. The molecule has 0 saturated carbocycles. The number of carbonyl (C=O) groups excluding carboxylic acids is 2. The van der Waals surface area contributed by atoms with Crippen LogP contribution in [0, 0.1) is 11.8 Å². The van der Waals surface area contributed by atoms with Gasteiger partial charge in [0.25, 0.3) is 5.91 Å². The van der Waals surface area contributed by atoms with Crippen molar-refractivity contribution in [1.82, 2.24) is 24.3 Å². The van der Waals surface area contributed by atoms with Crippen LogP contribution < -0.4 is 0 Å². The number of hydrogen-bond acceptors (Lipinski definition) is 6. The van der Waals surface area contributed by atoms with Gasteiger partial charge in [-0.15, -0.1) is 0 Å². The van der Waals surface area contributed by atoms with Crippen LogP contribution in [-0.4, -0.2) is 113 Å². The first-order valence-electron chi connectivity index (χ1n) is 14.0. The zero-order valence-corrected chi connectivity index (χ0v) is 24.3. The Morgan fingerprint density at radius 2 is 1.93 bits per heavy atom. The Labute approximate surface area is 239 Å². The van der Waals surface area contributed by atoms with Crippen molar-refractivity contribution in [3.63, 3.8) is 0 Å². The molecular formula is C28H40ClN5O6. The first-order valence-corrected chi connectivity index (χ1v) is 14.4. The molecule has 1 aromatic carbocycles. The van der Waals surface area contributed by atoms with Gasteiger partial charge in [0, 0.05) is 53.0 Å². The topological polar surface area (TPSA) is 117 Å². The van der Waals surface area contributed by atoms with Gasteiger partial charge in [-0.2, -0.15) is 0 Å². The van der Waals surface area contributed by atoms with E-state index in [1.54, 1.807) is 23.0 Å². The lowest BCUT2D eigenvalue weighted by Crippen LogP contribution is -2.58. The van der Waals surface area contributed by atoms with Crippen LogP contribution in [0.5, 0.6) is 0 Å². The van der Waals surface area contributed by atoms with Crippen LogP contribution in [0.25, 0.3) is 11.0 Å². The summed E-state index contributed by atoms with van der Waals surface area (Å²) in [4.78, 5) is 49.3. The lowest BCUT2D eigenvalue weighted by Gasteiger charge is -2.43. The van der Waals surface area contributed by atoms with E-state index in [9.17, 15) is 19.5 Å². The number of methoxy groups -OCH3 is 1. The zero-order chi connectivity index (χ0) is 28.8. The van der Waals surface area contributed by atoms with Gasteiger partial charge >= 0.3 is 6.09 Å². The van der Waals surface area contributed by atoms with Crippen LogP contribution in [0.15, 0.2) is 18.2 Å². The Bertz CT molecular complexity index is 1200. The number of nitrogens with zero attached hydrogens (tertiary/aromatic N) is 5. The molecule has 2 aliphatic rings. The van der Waals surface area contributed by atoms with E-state index in [1.807, 2.05) is 30.5 Å². The maximum absolute atomic E-state index is 14.3. The number of para-hydroxylation sites is 1. The molecule has 0 aliphatic carbocycles. The quantitative estimate of drug-likeness (QED) is 0.430. The van der Waals surface area contributed by atoms with E-state index in [2.05, 4.69) is 0 Å². The number of amides is 3. The molecule has 0 unspecified atom stereocenters. The molecule has 4 rings (SSSR count). The molecule has 2 aromatic rings. The number of carboxylic acid groups (broad SMARTS) is 1. The zero-order valence-electron chi connectivity index (χ0n) is 23.6. The molecule has 2 saturated heterocycles. The Morgan fingerprint density at radius 1 is 1.18 bits per heavy atom. The average Bonchev–Trinajstić information content (AvgIpc) is 3.33. The van der Waals surface area contributed by atoms with Crippen molar-refractivity contribution in [3.05, 3.63) is 29.0 Å². The van der Waals surface area contributed by atoms with Gasteiger partial charge in [0.1, 0.15) is 5.52 Å². The molecule has 0 bridgehead atoms. The number of halogens is 1.